The van der Waals surface area contributed by atoms with Crippen molar-refractivity contribution >= 4 is 21.7 Å². The lowest BCUT2D eigenvalue weighted by Crippen LogP contribution is -2.31. The van der Waals surface area contributed by atoms with Gasteiger partial charge < -0.3 is 4.90 Å². The highest BCUT2D eigenvalue weighted by Crippen LogP contribution is 2.24. The van der Waals surface area contributed by atoms with Gasteiger partial charge in [0.15, 0.2) is 5.17 Å². The van der Waals surface area contributed by atoms with Gasteiger partial charge in [-0.3, -0.25) is 9.19 Å². The van der Waals surface area contributed by atoms with Crippen LogP contribution in [0, 0.1) is 12.8 Å². The molecule has 0 radical (unpaired) electrons. The maximum atomic E-state index is 12.2. The summed E-state index contributed by atoms with van der Waals surface area (Å²) < 4.78 is 12.2. The molecule has 0 aromatic carbocycles. The summed E-state index contributed by atoms with van der Waals surface area (Å²) in [6.07, 6.45) is 4.55. The van der Waals surface area contributed by atoms with Crippen LogP contribution in [0.4, 0.5) is 5.69 Å². The Morgan fingerprint density at radius 2 is 2.32 bits per heavy atom. The molecule has 2 unspecified atom stereocenters. The first-order valence-electron chi connectivity index (χ1n) is 6.59. The van der Waals surface area contributed by atoms with Crippen molar-refractivity contribution in [3.63, 3.8) is 0 Å². The van der Waals surface area contributed by atoms with E-state index in [1.807, 2.05) is 20.0 Å². The summed E-state index contributed by atoms with van der Waals surface area (Å²) in [5.41, 5.74) is 1.86. The van der Waals surface area contributed by atoms with Crippen LogP contribution in [0.5, 0.6) is 0 Å². The van der Waals surface area contributed by atoms with Crippen molar-refractivity contribution in [1.29, 1.82) is 0 Å². The fraction of sp³-hybridized carbons (Fsp3) is 0.571. The van der Waals surface area contributed by atoms with Gasteiger partial charge in [0.25, 0.3) is 0 Å². The molecule has 5 heteroatoms. The molecule has 1 aliphatic rings. The molecular weight excluding hydrogens is 258 g/mol. The lowest BCUT2D eigenvalue weighted by molar-refractivity contribution is 0.351. The lowest BCUT2D eigenvalue weighted by atomic mass is 10.0. The molecular formula is C14H21N3OS. The molecule has 4 nitrogen and oxygen atoms in total. The number of aromatic nitrogens is 1. The minimum atomic E-state index is -0.990. The van der Waals surface area contributed by atoms with Crippen molar-refractivity contribution in [2.24, 2.45) is 10.9 Å². The van der Waals surface area contributed by atoms with Crippen LogP contribution in [-0.2, 0) is 10.8 Å². The van der Waals surface area contributed by atoms with Crippen molar-refractivity contribution in [3.8, 4) is 0 Å². The van der Waals surface area contributed by atoms with Gasteiger partial charge in [0, 0.05) is 25.5 Å². The van der Waals surface area contributed by atoms with E-state index in [9.17, 15) is 4.21 Å². The Morgan fingerprint density at radius 1 is 1.58 bits per heavy atom. The maximum absolute atomic E-state index is 12.2. The van der Waals surface area contributed by atoms with Gasteiger partial charge in [0.05, 0.1) is 22.2 Å². The third-order valence-corrected chi connectivity index (χ3v) is 4.82. The number of hydrogen-bond donors (Lipinski definition) is 0. The number of aliphatic imine (C=N–C) groups is 1. The Labute approximate surface area is 117 Å². The molecule has 2 atom stereocenters. The van der Waals surface area contributed by atoms with E-state index in [0.717, 1.165) is 17.7 Å². The Kier molecular flexibility index (Phi) is 4.34. The zero-order valence-corrected chi connectivity index (χ0v) is 12.8. The Bertz CT molecular complexity index is 513. The molecule has 0 saturated carbocycles. The van der Waals surface area contributed by atoms with Crippen LogP contribution in [0.3, 0.4) is 0 Å². The topological polar surface area (TPSA) is 45.6 Å². The third kappa shape index (κ3) is 3.21. The second kappa shape index (κ2) is 5.82. The van der Waals surface area contributed by atoms with Crippen LogP contribution in [0.1, 0.15) is 25.8 Å². The quantitative estimate of drug-likeness (QED) is 0.854. The second-order valence-corrected chi connectivity index (χ2v) is 6.85. The van der Waals surface area contributed by atoms with Crippen LogP contribution < -0.4 is 0 Å². The number of amidine groups is 1. The second-order valence-electron chi connectivity index (χ2n) is 5.46. The molecule has 1 aliphatic heterocycles. The summed E-state index contributed by atoms with van der Waals surface area (Å²) in [6, 6.07) is 2.20. The predicted molar refractivity (Wildman–Crippen MR) is 80.1 cm³/mol. The first kappa shape index (κ1) is 14.2. The number of pyridine rings is 1. The summed E-state index contributed by atoms with van der Waals surface area (Å²) in [7, 11) is 1.00. The summed E-state index contributed by atoms with van der Waals surface area (Å²) in [4.78, 5) is 10.7. The fourth-order valence-corrected chi connectivity index (χ4v) is 3.80. The van der Waals surface area contributed by atoms with Crippen LogP contribution in [0.2, 0.25) is 0 Å². The minimum Gasteiger partial charge on any atom is -0.348 e. The molecule has 19 heavy (non-hydrogen) atoms. The monoisotopic (exact) mass is 279 g/mol. The highest BCUT2D eigenvalue weighted by molar-refractivity contribution is 8.00. The third-order valence-electron chi connectivity index (χ3n) is 3.35. The zero-order valence-electron chi connectivity index (χ0n) is 12.0. The summed E-state index contributed by atoms with van der Waals surface area (Å²) in [6.45, 7) is 6.35. The summed E-state index contributed by atoms with van der Waals surface area (Å²) >= 11 is 0. The van der Waals surface area contributed by atoms with E-state index in [0.29, 0.717) is 22.9 Å². The van der Waals surface area contributed by atoms with Crippen LogP contribution in [0.15, 0.2) is 23.5 Å². The first-order valence-corrected chi connectivity index (χ1v) is 7.91. The maximum Gasteiger partial charge on any atom is 0.195 e. The number of hydrogen-bond acceptors (Lipinski definition) is 3. The van der Waals surface area contributed by atoms with Gasteiger partial charge in [-0.2, -0.15) is 0 Å². The molecule has 104 valence electrons. The van der Waals surface area contributed by atoms with Gasteiger partial charge >= 0.3 is 0 Å². The van der Waals surface area contributed by atoms with Crippen molar-refractivity contribution in [2.75, 3.05) is 12.8 Å². The molecule has 2 heterocycles. The molecule has 1 aromatic heterocycles. The smallest absolute Gasteiger partial charge is 0.195 e. The Morgan fingerprint density at radius 3 is 2.95 bits per heavy atom. The average molecular weight is 279 g/mol. The van der Waals surface area contributed by atoms with E-state index in [-0.39, 0.29) is 0 Å². The minimum absolute atomic E-state index is 0.335. The van der Waals surface area contributed by atoms with E-state index in [1.54, 1.807) is 12.4 Å². The van der Waals surface area contributed by atoms with Gasteiger partial charge in [-0.15, -0.1) is 0 Å². The van der Waals surface area contributed by atoms with E-state index in [1.165, 1.54) is 0 Å². The SMILES string of the molecule is Cc1cnccc1N=C1N(C)C(CC(C)C)CS1=O. The number of rotatable bonds is 3. The molecule has 1 fully saturated rings. The zero-order chi connectivity index (χ0) is 14.0. The van der Waals surface area contributed by atoms with Crippen LogP contribution >= 0.6 is 0 Å². The number of nitrogens with zero attached hydrogens (tertiary/aromatic N) is 3. The summed E-state index contributed by atoms with van der Waals surface area (Å²) in [5.74, 6) is 1.30. The van der Waals surface area contributed by atoms with E-state index < -0.39 is 10.8 Å². The van der Waals surface area contributed by atoms with Gasteiger partial charge in [0.2, 0.25) is 0 Å². The van der Waals surface area contributed by atoms with E-state index in [2.05, 4.69) is 28.7 Å². The number of aryl methyl sites for hydroxylation is 1. The van der Waals surface area contributed by atoms with Crippen LogP contribution in [-0.4, -0.2) is 38.1 Å². The van der Waals surface area contributed by atoms with Crippen molar-refractivity contribution in [3.05, 3.63) is 24.0 Å². The molecule has 0 spiro atoms. The van der Waals surface area contributed by atoms with E-state index >= 15 is 0 Å². The normalized spacial score (nSPS) is 25.5. The molecule has 0 bridgehead atoms. The first-order chi connectivity index (χ1) is 8.99. The standard InChI is InChI=1S/C14H21N3OS/c1-10(2)7-12-9-19(18)14(17(12)4)16-13-5-6-15-8-11(13)3/h5-6,8,10,12H,7,9H2,1-4H3. The van der Waals surface area contributed by atoms with Crippen molar-refractivity contribution < 1.29 is 4.21 Å². The van der Waals surface area contributed by atoms with Gasteiger partial charge in [0.1, 0.15) is 0 Å². The molecule has 0 N–H and O–H groups in total. The molecule has 2 rings (SSSR count). The highest BCUT2D eigenvalue weighted by atomic mass is 32.2. The van der Waals surface area contributed by atoms with E-state index in [4.69, 9.17) is 0 Å². The molecule has 1 saturated heterocycles. The van der Waals surface area contributed by atoms with Gasteiger partial charge in [-0.05, 0) is 30.9 Å². The Balaban J connectivity index is 2.25. The molecule has 1 aromatic rings. The fourth-order valence-electron chi connectivity index (χ4n) is 2.27. The summed E-state index contributed by atoms with van der Waals surface area (Å²) in [5, 5.41) is 0.694. The lowest BCUT2D eigenvalue weighted by Gasteiger charge is -2.21. The van der Waals surface area contributed by atoms with Crippen molar-refractivity contribution in [2.45, 2.75) is 33.2 Å². The largest absolute Gasteiger partial charge is 0.348 e. The highest BCUT2D eigenvalue weighted by Gasteiger charge is 2.33. The van der Waals surface area contributed by atoms with Gasteiger partial charge in [-0.25, -0.2) is 4.99 Å². The molecule has 0 aliphatic carbocycles. The van der Waals surface area contributed by atoms with Crippen molar-refractivity contribution in [1.82, 2.24) is 9.88 Å². The van der Waals surface area contributed by atoms with Gasteiger partial charge in [-0.1, -0.05) is 13.8 Å². The Hall–Kier alpha value is -1.23. The molecule has 0 amide bonds. The van der Waals surface area contributed by atoms with Crippen LogP contribution in [0.25, 0.3) is 0 Å². The predicted octanol–water partition coefficient (Wildman–Crippen LogP) is 2.49. The average Bonchev–Trinajstić information content (AvgIpc) is 2.59.